The minimum Gasteiger partial charge on any atom is -0.386 e. The zero-order valence-corrected chi connectivity index (χ0v) is 13.5. The Morgan fingerprint density at radius 2 is 2.09 bits per heavy atom. The first-order chi connectivity index (χ1) is 10.8. The normalized spacial score (nSPS) is 19.6. The average molecular weight is 317 g/mol. The molecule has 0 spiro atoms. The van der Waals surface area contributed by atoms with E-state index in [2.05, 4.69) is 29.2 Å². The van der Waals surface area contributed by atoms with Gasteiger partial charge in [-0.1, -0.05) is 36.4 Å². The number of thiophene rings is 1. The fraction of sp³-hybridized carbons (Fsp3) is 0.444. The summed E-state index contributed by atoms with van der Waals surface area (Å²) in [5, 5.41) is 12.5. The van der Waals surface area contributed by atoms with Gasteiger partial charge in [0.25, 0.3) is 0 Å². The van der Waals surface area contributed by atoms with Crippen LogP contribution in [0.15, 0.2) is 47.8 Å². The lowest BCUT2D eigenvalue weighted by Crippen LogP contribution is -2.35. The topological polar surface area (TPSA) is 32.7 Å². The predicted octanol–water partition coefficient (Wildman–Crippen LogP) is 3.46. The van der Waals surface area contributed by atoms with Crippen molar-refractivity contribution in [3.63, 3.8) is 0 Å². The van der Waals surface area contributed by atoms with Crippen molar-refractivity contribution in [3.8, 4) is 0 Å². The molecule has 4 heteroatoms. The maximum atomic E-state index is 10.5. The maximum absolute atomic E-state index is 10.5. The lowest BCUT2D eigenvalue weighted by Gasteiger charge is -2.27. The van der Waals surface area contributed by atoms with Crippen LogP contribution in [0.2, 0.25) is 0 Å². The fourth-order valence-electron chi connectivity index (χ4n) is 2.94. The highest BCUT2D eigenvalue weighted by Gasteiger charge is 2.22. The number of aliphatic hydroxyl groups is 1. The highest BCUT2D eigenvalue weighted by molar-refractivity contribution is 7.10. The Morgan fingerprint density at radius 3 is 2.77 bits per heavy atom. The third kappa shape index (κ3) is 4.40. The van der Waals surface area contributed by atoms with Crippen LogP contribution in [-0.4, -0.2) is 35.8 Å². The van der Waals surface area contributed by atoms with Crippen molar-refractivity contribution >= 4 is 11.3 Å². The van der Waals surface area contributed by atoms with Crippen LogP contribution < -0.4 is 0 Å². The van der Waals surface area contributed by atoms with E-state index in [1.165, 1.54) is 5.56 Å². The van der Waals surface area contributed by atoms with Crippen molar-refractivity contribution in [3.05, 3.63) is 58.3 Å². The third-order valence-corrected chi connectivity index (χ3v) is 5.01. The Labute approximate surface area is 136 Å². The Bertz CT molecular complexity index is 537. The minimum absolute atomic E-state index is 0.305. The molecular weight excluding hydrogens is 294 g/mol. The van der Waals surface area contributed by atoms with Gasteiger partial charge in [0.1, 0.15) is 6.10 Å². The number of nitrogens with zero attached hydrogens (tertiary/aromatic N) is 1. The molecule has 1 saturated heterocycles. The second-order valence-corrected chi connectivity index (χ2v) is 6.83. The van der Waals surface area contributed by atoms with Gasteiger partial charge in [-0.25, -0.2) is 0 Å². The highest BCUT2D eigenvalue weighted by Crippen LogP contribution is 2.22. The Morgan fingerprint density at radius 1 is 1.23 bits per heavy atom. The zero-order chi connectivity index (χ0) is 15.2. The predicted molar refractivity (Wildman–Crippen MR) is 90.0 cm³/mol. The SMILES string of the molecule is OC(CN(Cc1ccccc1)CC1CCCO1)c1cccs1. The molecule has 22 heavy (non-hydrogen) atoms. The summed E-state index contributed by atoms with van der Waals surface area (Å²) >= 11 is 1.61. The van der Waals surface area contributed by atoms with Gasteiger partial charge in [0.2, 0.25) is 0 Å². The van der Waals surface area contributed by atoms with Crippen LogP contribution >= 0.6 is 11.3 Å². The van der Waals surface area contributed by atoms with Gasteiger partial charge >= 0.3 is 0 Å². The molecule has 1 aliphatic rings. The van der Waals surface area contributed by atoms with Crippen molar-refractivity contribution in [2.75, 3.05) is 19.7 Å². The van der Waals surface area contributed by atoms with Gasteiger partial charge < -0.3 is 9.84 Å². The van der Waals surface area contributed by atoms with Crippen LogP contribution in [0.4, 0.5) is 0 Å². The molecule has 0 amide bonds. The summed E-state index contributed by atoms with van der Waals surface area (Å²) in [7, 11) is 0. The zero-order valence-electron chi connectivity index (χ0n) is 12.7. The van der Waals surface area contributed by atoms with Crippen LogP contribution in [0.25, 0.3) is 0 Å². The van der Waals surface area contributed by atoms with E-state index in [4.69, 9.17) is 4.74 Å². The summed E-state index contributed by atoms with van der Waals surface area (Å²) in [5.41, 5.74) is 1.28. The van der Waals surface area contributed by atoms with Crippen molar-refractivity contribution in [2.24, 2.45) is 0 Å². The number of rotatable bonds is 7. The molecular formula is C18H23NO2S. The molecule has 1 aromatic carbocycles. The third-order valence-electron chi connectivity index (χ3n) is 4.04. The van der Waals surface area contributed by atoms with Gasteiger partial charge in [0.15, 0.2) is 0 Å². The molecule has 2 heterocycles. The van der Waals surface area contributed by atoms with E-state index in [-0.39, 0.29) is 0 Å². The molecule has 118 valence electrons. The number of aliphatic hydroxyl groups excluding tert-OH is 1. The van der Waals surface area contributed by atoms with Crippen molar-refractivity contribution in [2.45, 2.75) is 31.6 Å². The van der Waals surface area contributed by atoms with Gasteiger partial charge in [-0.15, -0.1) is 11.3 Å². The summed E-state index contributed by atoms with van der Waals surface area (Å²) < 4.78 is 5.77. The van der Waals surface area contributed by atoms with Gasteiger partial charge in [-0.2, -0.15) is 0 Å². The molecule has 2 unspecified atom stereocenters. The molecule has 2 atom stereocenters. The van der Waals surface area contributed by atoms with Crippen LogP contribution in [0.1, 0.15) is 29.4 Å². The first-order valence-corrected chi connectivity index (χ1v) is 8.78. The highest BCUT2D eigenvalue weighted by atomic mass is 32.1. The monoisotopic (exact) mass is 317 g/mol. The second-order valence-electron chi connectivity index (χ2n) is 5.85. The second kappa shape index (κ2) is 7.88. The molecule has 1 aromatic heterocycles. The minimum atomic E-state index is -0.426. The summed E-state index contributed by atoms with van der Waals surface area (Å²) in [5.74, 6) is 0. The van der Waals surface area contributed by atoms with Gasteiger partial charge in [-0.05, 0) is 29.9 Å². The summed E-state index contributed by atoms with van der Waals surface area (Å²) in [6.07, 6.45) is 2.15. The van der Waals surface area contributed by atoms with Crippen molar-refractivity contribution in [1.82, 2.24) is 4.90 Å². The molecule has 3 rings (SSSR count). The largest absolute Gasteiger partial charge is 0.386 e. The average Bonchev–Trinajstić information content (AvgIpc) is 3.21. The molecule has 0 saturated carbocycles. The van der Waals surface area contributed by atoms with Crippen LogP contribution in [-0.2, 0) is 11.3 Å². The van der Waals surface area contributed by atoms with E-state index in [9.17, 15) is 5.11 Å². The molecule has 0 radical (unpaired) electrons. The van der Waals surface area contributed by atoms with Crippen LogP contribution in [0.3, 0.4) is 0 Å². The van der Waals surface area contributed by atoms with Gasteiger partial charge in [0.05, 0.1) is 6.10 Å². The van der Waals surface area contributed by atoms with E-state index >= 15 is 0 Å². The number of hydrogen-bond donors (Lipinski definition) is 1. The molecule has 1 N–H and O–H groups in total. The maximum Gasteiger partial charge on any atom is 0.101 e. The summed E-state index contributed by atoms with van der Waals surface area (Å²) in [4.78, 5) is 3.35. The summed E-state index contributed by atoms with van der Waals surface area (Å²) in [6, 6.07) is 14.4. The quantitative estimate of drug-likeness (QED) is 0.849. The first kappa shape index (κ1) is 15.7. The van der Waals surface area contributed by atoms with Gasteiger partial charge in [0, 0.05) is 31.1 Å². The van der Waals surface area contributed by atoms with Crippen molar-refractivity contribution < 1.29 is 9.84 Å². The van der Waals surface area contributed by atoms with Crippen molar-refractivity contribution in [1.29, 1.82) is 0 Å². The lowest BCUT2D eigenvalue weighted by atomic mass is 10.1. The molecule has 3 nitrogen and oxygen atoms in total. The first-order valence-electron chi connectivity index (χ1n) is 7.90. The number of benzene rings is 1. The summed E-state index contributed by atoms with van der Waals surface area (Å²) in [6.45, 7) is 3.26. The Hall–Kier alpha value is -1.20. The molecule has 0 aliphatic carbocycles. The molecule has 2 aromatic rings. The fourth-order valence-corrected chi connectivity index (χ4v) is 3.64. The number of ether oxygens (including phenoxy) is 1. The molecule has 0 bridgehead atoms. The van der Waals surface area contributed by atoms with E-state index in [0.717, 1.165) is 37.4 Å². The standard InChI is InChI=1S/C18H23NO2S/c20-17(18-9-5-11-22-18)14-19(13-16-8-4-10-21-16)12-15-6-2-1-3-7-15/h1-3,5-7,9,11,16-17,20H,4,8,10,12-14H2. The smallest absolute Gasteiger partial charge is 0.101 e. The van der Waals surface area contributed by atoms with Gasteiger partial charge in [-0.3, -0.25) is 4.90 Å². The Kier molecular flexibility index (Phi) is 5.62. The van der Waals surface area contributed by atoms with E-state index in [0.29, 0.717) is 12.6 Å². The number of hydrogen-bond acceptors (Lipinski definition) is 4. The molecule has 1 aliphatic heterocycles. The Balaban J connectivity index is 1.64. The van der Waals surface area contributed by atoms with Crippen LogP contribution in [0, 0.1) is 0 Å². The lowest BCUT2D eigenvalue weighted by molar-refractivity contribution is 0.0468. The van der Waals surface area contributed by atoms with Crippen LogP contribution in [0.5, 0.6) is 0 Å². The van der Waals surface area contributed by atoms with E-state index < -0.39 is 6.10 Å². The molecule has 1 fully saturated rings. The van der Waals surface area contributed by atoms with E-state index in [1.54, 1.807) is 11.3 Å². The van der Waals surface area contributed by atoms with E-state index in [1.807, 2.05) is 23.6 Å².